The number of hydrogen-bond donors (Lipinski definition) is 0. The summed E-state index contributed by atoms with van der Waals surface area (Å²) in [6, 6.07) is 22.1. The number of esters is 1. The van der Waals surface area contributed by atoms with Crippen LogP contribution in [0.25, 0.3) is 0 Å². The molecule has 0 aliphatic carbocycles. The summed E-state index contributed by atoms with van der Waals surface area (Å²) in [5.74, 6) is 0.855. The third-order valence-electron chi connectivity index (χ3n) is 4.62. The van der Waals surface area contributed by atoms with E-state index in [1.54, 1.807) is 42.6 Å². The molecule has 31 heavy (non-hydrogen) atoms. The average Bonchev–Trinajstić information content (AvgIpc) is 2.79. The van der Waals surface area contributed by atoms with E-state index < -0.39 is 5.97 Å². The second-order valence-electron chi connectivity index (χ2n) is 7.13. The molecule has 3 aromatic rings. The molecule has 0 fully saturated rings. The van der Waals surface area contributed by atoms with Crippen molar-refractivity contribution in [3.05, 3.63) is 88.4 Å². The molecule has 0 N–H and O–H groups in total. The monoisotopic (exact) mass is 479 g/mol. The van der Waals surface area contributed by atoms with Crippen LogP contribution in [0.1, 0.15) is 48.5 Å². The van der Waals surface area contributed by atoms with E-state index in [0.717, 1.165) is 27.9 Å². The first-order valence-electron chi connectivity index (χ1n) is 10.5. The Bertz CT molecular complexity index is 998. The van der Waals surface area contributed by atoms with Crippen molar-refractivity contribution < 1.29 is 14.3 Å². The number of carbonyl (C=O) groups excluding carboxylic acids is 1. The van der Waals surface area contributed by atoms with Crippen LogP contribution in [0, 0.1) is 0 Å². The highest BCUT2D eigenvalue weighted by Gasteiger charge is 2.09. The number of ether oxygens (including phenoxy) is 2. The molecule has 4 nitrogen and oxygen atoms in total. The second kappa shape index (κ2) is 12.1. The summed E-state index contributed by atoms with van der Waals surface area (Å²) in [6.45, 7) is 2.88. The van der Waals surface area contributed by atoms with E-state index in [4.69, 9.17) is 9.47 Å². The summed E-state index contributed by atoms with van der Waals surface area (Å²) in [6.07, 6.45) is 6.43. The largest absolute Gasteiger partial charge is 0.494 e. The maximum absolute atomic E-state index is 12.4. The van der Waals surface area contributed by atoms with Gasteiger partial charge in [-0.05, 0) is 78.7 Å². The Labute approximate surface area is 192 Å². The molecule has 0 aliphatic rings. The predicted molar refractivity (Wildman–Crippen MR) is 129 cm³/mol. The van der Waals surface area contributed by atoms with Crippen molar-refractivity contribution in [1.29, 1.82) is 0 Å². The molecule has 0 spiro atoms. The summed E-state index contributed by atoms with van der Waals surface area (Å²) < 4.78 is 12.2. The maximum Gasteiger partial charge on any atom is 0.343 e. The molecular formula is C26H26BrNO3. The average molecular weight is 480 g/mol. The quantitative estimate of drug-likeness (QED) is 0.132. The third-order valence-corrected chi connectivity index (χ3v) is 5.11. The first kappa shape index (κ1) is 22.8. The number of benzene rings is 3. The van der Waals surface area contributed by atoms with E-state index in [9.17, 15) is 4.79 Å². The van der Waals surface area contributed by atoms with Crippen LogP contribution in [0.4, 0.5) is 5.69 Å². The first-order valence-corrected chi connectivity index (χ1v) is 11.3. The number of hydrogen-bond acceptors (Lipinski definition) is 4. The van der Waals surface area contributed by atoms with Gasteiger partial charge in [-0.1, -0.05) is 48.2 Å². The van der Waals surface area contributed by atoms with Crippen molar-refractivity contribution in [2.75, 3.05) is 6.61 Å². The fraction of sp³-hybridized carbons (Fsp3) is 0.231. The first-order chi connectivity index (χ1) is 15.1. The summed E-state index contributed by atoms with van der Waals surface area (Å²) in [5, 5.41) is 0. The highest BCUT2D eigenvalue weighted by atomic mass is 79.9. The van der Waals surface area contributed by atoms with E-state index in [2.05, 4.69) is 27.8 Å². The SMILES string of the molecule is CCCCCCOc1ccc(C(=O)Oc2ccc(C=Nc3cccc(Br)c3)cc2)cc1. The van der Waals surface area contributed by atoms with Crippen LogP contribution in [0.3, 0.4) is 0 Å². The van der Waals surface area contributed by atoms with Gasteiger partial charge in [0.1, 0.15) is 11.5 Å². The van der Waals surface area contributed by atoms with Crippen molar-refractivity contribution in [2.45, 2.75) is 32.6 Å². The molecular weight excluding hydrogens is 454 g/mol. The molecule has 3 aromatic carbocycles. The third kappa shape index (κ3) is 7.68. The predicted octanol–water partition coefficient (Wildman–Crippen LogP) is 7.38. The number of rotatable bonds is 10. The number of carbonyl (C=O) groups is 1. The summed E-state index contributed by atoms with van der Waals surface area (Å²) in [4.78, 5) is 16.8. The van der Waals surface area contributed by atoms with E-state index in [0.29, 0.717) is 17.9 Å². The molecule has 0 amide bonds. The topological polar surface area (TPSA) is 47.9 Å². The molecule has 0 unspecified atom stereocenters. The summed E-state index contributed by atoms with van der Waals surface area (Å²) in [5.41, 5.74) is 2.26. The number of halogens is 1. The van der Waals surface area contributed by atoms with Crippen molar-refractivity contribution in [3.63, 3.8) is 0 Å². The summed E-state index contributed by atoms with van der Waals surface area (Å²) in [7, 11) is 0. The van der Waals surface area contributed by atoms with Crippen LogP contribution >= 0.6 is 15.9 Å². The fourth-order valence-corrected chi connectivity index (χ4v) is 3.29. The van der Waals surface area contributed by atoms with E-state index >= 15 is 0 Å². The molecule has 0 saturated heterocycles. The molecule has 0 atom stereocenters. The van der Waals surface area contributed by atoms with Gasteiger partial charge in [-0.3, -0.25) is 4.99 Å². The molecule has 0 aromatic heterocycles. The van der Waals surface area contributed by atoms with Gasteiger partial charge in [0.2, 0.25) is 0 Å². The van der Waals surface area contributed by atoms with Crippen LogP contribution in [0.5, 0.6) is 11.5 Å². The summed E-state index contributed by atoms with van der Waals surface area (Å²) >= 11 is 3.43. The standard InChI is InChI=1S/C26H26BrNO3/c1-2-3-4-5-17-30-24-15-11-21(12-16-24)26(29)31-25-13-9-20(10-14-25)19-28-23-8-6-7-22(27)18-23/h6-16,18-19H,2-5,17H2,1H3. The lowest BCUT2D eigenvalue weighted by Crippen LogP contribution is -2.08. The van der Waals surface area contributed by atoms with Gasteiger partial charge in [0.05, 0.1) is 17.9 Å². The minimum atomic E-state index is -0.398. The van der Waals surface area contributed by atoms with Crippen molar-refractivity contribution in [1.82, 2.24) is 0 Å². The zero-order valence-electron chi connectivity index (χ0n) is 17.6. The van der Waals surface area contributed by atoms with E-state index in [1.165, 1.54) is 19.3 Å². The Kier molecular flexibility index (Phi) is 8.85. The van der Waals surface area contributed by atoms with Gasteiger partial charge in [0.25, 0.3) is 0 Å². The van der Waals surface area contributed by atoms with Crippen LogP contribution in [-0.4, -0.2) is 18.8 Å². The normalized spacial score (nSPS) is 10.9. The van der Waals surface area contributed by atoms with Crippen LogP contribution in [0.15, 0.2) is 82.3 Å². The number of nitrogens with zero attached hydrogens (tertiary/aromatic N) is 1. The van der Waals surface area contributed by atoms with E-state index in [1.807, 2.05) is 36.4 Å². The van der Waals surface area contributed by atoms with Gasteiger partial charge in [0, 0.05) is 10.7 Å². The molecule has 0 bridgehead atoms. The minimum Gasteiger partial charge on any atom is -0.494 e. The molecule has 160 valence electrons. The Morgan fingerprint density at radius 1 is 0.935 bits per heavy atom. The highest BCUT2D eigenvalue weighted by molar-refractivity contribution is 9.10. The van der Waals surface area contributed by atoms with E-state index in [-0.39, 0.29) is 0 Å². The molecule has 0 radical (unpaired) electrons. The Morgan fingerprint density at radius 2 is 1.68 bits per heavy atom. The molecule has 3 rings (SSSR count). The van der Waals surface area contributed by atoms with Crippen molar-refractivity contribution in [2.24, 2.45) is 4.99 Å². The van der Waals surface area contributed by atoms with Gasteiger partial charge >= 0.3 is 5.97 Å². The fourth-order valence-electron chi connectivity index (χ4n) is 2.90. The van der Waals surface area contributed by atoms with Gasteiger partial charge in [0.15, 0.2) is 0 Å². The van der Waals surface area contributed by atoms with Crippen LogP contribution in [-0.2, 0) is 0 Å². The zero-order chi connectivity index (χ0) is 21.9. The number of unbranched alkanes of at least 4 members (excludes halogenated alkanes) is 3. The minimum absolute atomic E-state index is 0.398. The Hall–Kier alpha value is -2.92. The lowest BCUT2D eigenvalue weighted by molar-refractivity contribution is 0.0734. The lowest BCUT2D eigenvalue weighted by Gasteiger charge is -2.08. The molecule has 0 aliphatic heterocycles. The van der Waals surface area contributed by atoms with Crippen molar-refractivity contribution >= 4 is 33.8 Å². The molecule has 0 saturated carbocycles. The highest BCUT2D eigenvalue weighted by Crippen LogP contribution is 2.19. The van der Waals surface area contributed by atoms with Crippen LogP contribution in [0.2, 0.25) is 0 Å². The Morgan fingerprint density at radius 3 is 2.39 bits per heavy atom. The van der Waals surface area contributed by atoms with Gasteiger partial charge in [-0.15, -0.1) is 0 Å². The lowest BCUT2D eigenvalue weighted by atomic mass is 10.2. The maximum atomic E-state index is 12.4. The van der Waals surface area contributed by atoms with Gasteiger partial charge in [-0.25, -0.2) is 4.79 Å². The van der Waals surface area contributed by atoms with Gasteiger partial charge in [-0.2, -0.15) is 0 Å². The zero-order valence-corrected chi connectivity index (χ0v) is 19.2. The molecule has 5 heteroatoms. The molecule has 0 heterocycles. The second-order valence-corrected chi connectivity index (χ2v) is 8.05. The van der Waals surface area contributed by atoms with Crippen LogP contribution < -0.4 is 9.47 Å². The van der Waals surface area contributed by atoms with Crippen molar-refractivity contribution in [3.8, 4) is 11.5 Å². The van der Waals surface area contributed by atoms with Gasteiger partial charge < -0.3 is 9.47 Å². The smallest absolute Gasteiger partial charge is 0.343 e. The Balaban J connectivity index is 1.51. The number of aliphatic imine (C=N–C) groups is 1.